The van der Waals surface area contributed by atoms with Gasteiger partial charge in [0.2, 0.25) is 0 Å². The van der Waals surface area contributed by atoms with Gasteiger partial charge in [-0.05, 0) is 56.0 Å². The van der Waals surface area contributed by atoms with E-state index in [2.05, 4.69) is 43.9 Å². The average Bonchev–Trinajstić information content (AvgIpc) is 2.91. The quantitative estimate of drug-likeness (QED) is 0.457. The van der Waals surface area contributed by atoms with Gasteiger partial charge in [-0.1, -0.05) is 29.8 Å². The summed E-state index contributed by atoms with van der Waals surface area (Å²) in [4.78, 5) is 38.2. The fourth-order valence-corrected chi connectivity index (χ4v) is 3.44. The standard InChI is InChI=1S/C23H24N2O3/c1-4-12-25-22(27)19-10-9-18(14-20(19)23(25)28)21(26)24-11-5-6-17-8-7-15(2)13-16(17)3/h4,7-10,13-14H,1,5-6,11-12H2,2-3H3,(H,24,26). The number of benzene rings is 2. The molecule has 0 aromatic heterocycles. The lowest BCUT2D eigenvalue weighted by Crippen LogP contribution is -2.29. The maximum Gasteiger partial charge on any atom is 0.261 e. The van der Waals surface area contributed by atoms with Crippen LogP contribution in [-0.2, 0) is 6.42 Å². The zero-order chi connectivity index (χ0) is 20.3. The van der Waals surface area contributed by atoms with Gasteiger partial charge in [0.1, 0.15) is 0 Å². The lowest BCUT2D eigenvalue weighted by molar-refractivity contribution is 0.0672. The number of hydrogen-bond acceptors (Lipinski definition) is 3. The first-order chi connectivity index (χ1) is 13.4. The summed E-state index contributed by atoms with van der Waals surface area (Å²) in [5.74, 6) is -0.976. The molecule has 0 fully saturated rings. The summed E-state index contributed by atoms with van der Waals surface area (Å²) in [6, 6.07) is 11.0. The highest BCUT2D eigenvalue weighted by Crippen LogP contribution is 2.24. The van der Waals surface area contributed by atoms with Crippen LogP contribution >= 0.6 is 0 Å². The van der Waals surface area contributed by atoms with E-state index in [1.807, 2.05) is 0 Å². The van der Waals surface area contributed by atoms with E-state index in [4.69, 9.17) is 0 Å². The number of aryl methyl sites for hydroxylation is 3. The molecule has 0 spiro atoms. The number of nitrogens with one attached hydrogen (secondary N) is 1. The van der Waals surface area contributed by atoms with Gasteiger partial charge in [-0.15, -0.1) is 6.58 Å². The third kappa shape index (κ3) is 3.88. The van der Waals surface area contributed by atoms with Gasteiger partial charge in [0.05, 0.1) is 11.1 Å². The van der Waals surface area contributed by atoms with Crippen molar-refractivity contribution in [1.82, 2.24) is 10.2 Å². The molecule has 0 unspecified atom stereocenters. The molecule has 0 saturated carbocycles. The van der Waals surface area contributed by atoms with E-state index in [0.717, 1.165) is 17.7 Å². The monoisotopic (exact) mass is 376 g/mol. The van der Waals surface area contributed by atoms with Crippen LogP contribution in [0.1, 0.15) is 54.2 Å². The molecule has 0 bridgehead atoms. The molecule has 2 aromatic rings. The van der Waals surface area contributed by atoms with Crippen molar-refractivity contribution in [3.63, 3.8) is 0 Å². The number of nitrogens with zero attached hydrogens (tertiary/aromatic N) is 1. The SMILES string of the molecule is C=CCN1C(=O)c2ccc(C(=O)NCCCc3ccc(C)cc3C)cc2C1=O. The number of imide groups is 1. The first-order valence-electron chi connectivity index (χ1n) is 9.38. The molecule has 1 aliphatic rings. The number of carbonyl (C=O) groups excluding carboxylic acids is 3. The molecule has 0 atom stereocenters. The van der Waals surface area contributed by atoms with Crippen molar-refractivity contribution in [2.24, 2.45) is 0 Å². The summed E-state index contributed by atoms with van der Waals surface area (Å²) < 4.78 is 0. The second-order valence-corrected chi connectivity index (χ2v) is 7.06. The fraction of sp³-hybridized carbons (Fsp3) is 0.261. The normalized spacial score (nSPS) is 12.9. The van der Waals surface area contributed by atoms with Crippen molar-refractivity contribution in [3.05, 3.63) is 82.4 Å². The Hall–Kier alpha value is -3.21. The predicted molar refractivity (Wildman–Crippen MR) is 109 cm³/mol. The fourth-order valence-electron chi connectivity index (χ4n) is 3.44. The van der Waals surface area contributed by atoms with Crippen molar-refractivity contribution in [2.45, 2.75) is 26.7 Å². The first-order valence-corrected chi connectivity index (χ1v) is 9.38. The van der Waals surface area contributed by atoms with E-state index < -0.39 is 0 Å². The van der Waals surface area contributed by atoms with Crippen LogP contribution in [0, 0.1) is 13.8 Å². The Kier molecular flexibility index (Phi) is 5.73. The highest BCUT2D eigenvalue weighted by atomic mass is 16.2. The zero-order valence-electron chi connectivity index (χ0n) is 16.2. The van der Waals surface area contributed by atoms with Crippen molar-refractivity contribution in [3.8, 4) is 0 Å². The van der Waals surface area contributed by atoms with Gasteiger partial charge in [-0.3, -0.25) is 19.3 Å². The smallest absolute Gasteiger partial charge is 0.261 e. The lowest BCUT2D eigenvalue weighted by atomic mass is 10.0. The number of hydrogen-bond donors (Lipinski definition) is 1. The molecular weight excluding hydrogens is 352 g/mol. The highest BCUT2D eigenvalue weighted by Gasteiger charge is 2.35. The summed E-state index contributed by atoms with van der Waals surface area (Å²) in [6.45, 7) is 8.43. The molecule has 0 aliphatic carbocycles. The Balaban J connectivity index is 1.59. The maximum absolute atomic E-state index is 12.4. The number of rotatable bonds is 7. The van der Waals surface area contributed by atoms with Crippen LogP contribution in [0.4, 0.5) is 0 Å². The third-order valence-corrected chi connectivity index (χ3v) is 4.95. The first kappa shape index (κ1) is 19.5. The van der Waals surface area contributed by atoms with Crippen molar-refractivity contribution in [1.29, 1.82) is 0 Å². The molecule has 1 N–H and O–H groups in total. The Bertz CT molecular complexity index is 962. The van der Waals surface area contributed by atoms with E-state index in [9.17, 15) is 14.4 Å². The Labute approximate surface area is 165 Å². The van der Waals surface area contributed by atoms with Crippen molar-refractivity contribution >= 4 is 17.7 Å². The van der Waals surface area contributed by atoms with Crippen molar-refractivity contribution in [2.75, 3.05) is 13.1 Å². The summed E-state index contributed by atoms with van der Waals surface area (Å²) in [6.07, 6.45) is 3.22. The van der Waals surface area contributed by atoms with Gasteiger partial charge < -0.3 is 5.32 Å². The van der Waals surface area contributed by atoms with Gasteiger partial charge in [0, 0.05) is 18.7 Å². The third-order valence-electron chi connectivity index (χ3n) is 4.95. The van der Waals surface area contributed by atoms with E-state index in [0.29, 0.717) is 17.7 Å². The van der Waals surface area contributed by atoms with Crippen LogP contribution in [0.15, 0.2) is 49.1 Å². The minimum Gasteiger partial charge on any atom is -0.352 e. The van der Waals surface area contributed by atoms with Gasteiger partial charge >= 0.3 is 0 Å². The second-order valence-electron chi connectivity index (χ2n) is 7.06. The van der Waals surface area contributed by atoms with Crippen LogP contribution in [0.3, 0.4) is 0 Å². The molecule has 3 amide bonds. The Morgan fingerprint density at radius 2 is 1.82 bits per heavy atom. The Morgan fingerprint density at radius 3 is 2.54 bits per heavy atom. The van der Waals surface area contributed by atoms with Crippen LogP contribution in [0.5, 0.6) is 0 Å². The molecular formula is C23H24N2O3. The van der Waals surface area contributed by atoms with Gasteiger partial charge in [0.25, 0.3) is 17.7 Å². The summed E-state index contributed by atoms with van der Waals surface area (Å²) in [5, 5.41) is 2.89. The zero-order valence-corrected chi connectivity index (χ0v) is 16.2. The molecule has 28 heavy (non-hydrogen) atoms. The molecule has 1 aliphatic heterocycles. The molecule has 1 heterocycles. The largest absolute Gasteiger partial charge is 0.352 e. The van der Waals surface area contributed by atoms with Gasteiger partial charge in [-0.25, -0.2) is 0 Å². The summed E-state index contributed by atoms with van der Waals surface area (Å²) >= 11 is 0. The topological polar surface area (TPSA) is 66.5 Å². The number of carbonyl (C=O) groups is 3. The lowest BCUT2D eigenvalue weighted by Gasteiger charge is -2.09. The van der Waals surface area contributed by atoms with E-state index in [1.165, 1.54) is 28.8 Å². The molecule has 5 heteroatoms. The maximum atomic E-state index is 12.4. The number of fused-ring (bicyclic) bond motifs is 1. The summed E-state index contributed by atoms with van der Waals surface area (Å²) in [5.41, 5.74) is 4.77. The van der Waals surface area contributed by atoms with Gasteiger partial charge in [0.15, 0.2) is 0 Å². The van der Waals surface area contributed by atoms with Crippen LogP contribution in [0.2, 0.25) is 0 Å². The molecule has 2 aromatic carbocycles. The molecule has 0 saturated heterocycles. The van der Waals surface area contributed by atoms with Crippen LogP contribution in [0.25, 0.3) is 0 Å². The minimum absolute atomic E-state index is 0.159. The summed E-state index contributed by atoms with van der Waals surface area (Å²) in [7, 11) is 0. The molecule has 0 radical (unpaired) electrons. The van der Waals surface area contributed by atoms with Gasteiger partial charge in [-0.2, -0.15) is 0 Å². The Morgan fingerprint density at radius 1 is 1.07 bits per heavy atom. The minimum atomic E-state index is -0.385. The van der Waals surface area contributed by atoms with E-state index >= 15 is 0 Å². The van der Waals surface area contributed by atoms with Crippen molar-refractivity contribution < 1.29 is 14.4 Å². The molecule has 144 valence electrons. The van der Waals surface area contributed by atoms with Crippen LogP contribution in [-0.4, -0.2) is 35.7 Å². The van der Waals surface area contributed by atoms with Crippen LogP contribution < -0.4 is 5.32 Å². The van der Waals surface area contributed by atoms with E-state index in [-0.39, 0.29) is 29.8 Å². The molecule has 5 nitrogen and oxygen atoms in total. The van der Waals surface area contributed by atoms with E-state index in [1.54, 1.807) is 12.1 Å². The second kappa shape index (κ2) is 8.21. The molecule has 3 rings (SSSR count). The number of amides is 3. The average molecular weight is 376 g/mol. The predicted octanol–water partition coefficient (Wildman–Crippen LogP) is 3.45. The highest BCUT2D eigenvalue weighted by molar-refractivity contribution is 6.22.